The third-order valence-electron chi connectivity index (χ3n) is 4.35. The molecule has 1 aromatic heterocycles. The number of hydrogen-bond donors (Lipinski definition) is 0. The van der Waals surface area contributed by atoms with Gasteiger partial charge in [0.05, 0.1) is 11.3 Å². The van der Waals surface area contributed by atoms with Gasteiger partial charge in [-0.3, -0.25) is 9.69 Å². The van der Waals surface area contributed by atoms with Crippen molar-refractivity contribution in [3.63, 3.8) is 0 Å². The molecule has 0 N–H and O–H groups in total. The molecule has 2 aromatic carbocycles. The normalized spacial score (nSPS) is 15.2. The van der Waals surface area contributed by atoms with Crippen LogP contribution in [0.3, 0.4) is 0 Å². The fourth-order valence-corrected chi connectivity index (χ4v) is 3.65. The van der Waals surface area contributed by atoms with Crippen molar-refractivity contribution in [3.05, 3.63) is 59.7 Å². The molecule has 1 atom stereocenters. The average Bonchev–Trinajstić information content (AvgIpc) is 2.84. The molecular weight excluding hydrogens is 398 g/mol. The van der Waals surface area contributed by atoms with Gasteiger partial charge in [0.1, 0.15) is 11.6 Å². The number of benzene rings is 2. The standard InChI is InChI=1S/C20H16F2N4O2S/c1-3-29-20-23-18-17(24-25-20)13-6-4-5-7-16(13)26(11(2)27)19(28-18)14-10-12(21)8-9-15(14)22/h4-10,19H,3H2,1-2H3/t19-/m1/s1. The van der Waals surface area contributed by atoms with Crippen LogP contribution < -0.4 is 9.64 Å². The maximum absolute atomic E-state index is 14.6. The molecule has 4 rings (SSSR count). The van der Waals surface area contributed by atoms with Gasteiger partial charge in [-0.05, 0) is 30.0 Å². The SMILES string of the molecule is CCSc1nnc2c(n1)O[C@H](c1cc(F)ccc1F)N(C(C)=O)c1ccccc1-2. The molecule has 0 radical (unpaired) electrons. The highest BCUT2D eigenvalue weighted by atomic mass is 32.2. The second-order valence-electron chi connectivity index (χ2n) is 6.22. The van der Waals surface area contributed by atoms with Crippen molar-refractivity contribution in [1.82, 2.24) is 15.2 Å². The number of carbonyl (C=O) groups is 1. The van der Waals surface area contributed by atoms with Crippen molar-refractivity contribution < 1.29 is 18.3 Å². The lowest BCUT2D eigenvalue weighted by molar-refractivity contribution is -0.118. The maximum atomic E-state index is 14.6. The Hall–Kier alpha value is -3.07. The lowest BCUT2D eigenvalue weighted by Gasteiger charge is -2.30. The van der Waals surface area contributed by atoms with Gasteiger partial charge in [-0.2, -0.15) is 4.98 Å². The van der Waals surface area contributed by atoms with Gasteiger partial charge in [-0.15, -0.1) is 10.2 Å². The van der Waals surface area contributed by atoms with Crippen molar-refractivity contribution in [2.75, 3.05) is 10.7 Å². The number of fused-ring (bicyclic) bond motifs is 3. The van der Waals surface area contributed by atoms with Crippen LogP contribution in [0.1, 0.15) is 25.6 Å². The summed E-state index contributed by atoms with van der Waals surface area (Å²) in [5.41, 5.74) is 1.21. The Bertz CT molecular complexity index is 1100. The van der Waals surface area contributed by atoms with E-state index in [2.05, 4.69) is 15.2 Å². The number of carbonyl (C=O) groups excluding carboxylic acids is 1. The summed E-state index contributed by atoms with van der Waals surface area (Å²) in [5, 5.41) is 8.73. The van der Waals surface area contributed by atoms with Gasteiger partial charge in [-0.25, -0.2) is 8.78 Å². The van der Waals surface area contributed by atoms with Gasteiger partial charge in [0.15, 0.2) is 5.69 Å². The number of thioether (sulfide) groups is 1. The Balaban J connectivity index is 1.98. The van der Waals surface area contributed by atoms with E-state index >= 15 is 0 Å². The van der Waals surface area contributed by atoms with E-state index in [0.717, 1.165) is 24.0 Å². The molecule has 1 aliphatic heterocycles. The number of aromatic nitrogens is 3. The number of nitrogens with zero attached hydrogens (tertiary/aromatic N) is 4. The minimum absolute atomic E-state index is 0.0980. The Morgan fingerprint density at radius 1 is 1.21 bits per heavy atom. The minimum atomic E-state index is -1.26. The summed E-state index contributed by atoms with van der Waals surface area (Å²) in [4.78, 5) is 18.2. The molecule has 148 valence electrons. The van der Waals surface area contributed by atoms with E-state index in [1.807, 2.05) is 6.92 Å². The number of rotatable bonds is 3. The van der Waals surface area contributed by atoms with Crippen LogP contribution in [0.5, 0.6) is 5.88 Å². The largest absolute Gasteiger partial charge is 0.447 e. The summed E-state index contributed by atoms with van der Waals surface area (Å²) in [6, 6.07) is 9.98. The number of amides is 1. The van der Waals surface area contributed by atoms with Crippen LogP contribution in [-0.2, 0) is 4.79 Å². The van der Waals surface area contributed by atoms with Gasteiger partial charge in [-0.1, -0.05) is 36.9 Å². The zero-order valence-corrected chi connectivity index (χ0v) is 16.4. The number of anilines is 1. The first-order chi connectivity index (χ1) is 14.0. The van der Waals surface area contributed by atoms with Crippen molar-refractivity contribution in [2.45, 2.75) is 25.2 Å². The van der Waals surface area contributed by atoms with Crippen LogP contribution in [0.4, 0.5) is 14.5 Å². The number of ether oxygens (including phenoxy) is 1. The van der Waals surface area contributed by atoms with Crippen molar-refractivity contribution in [1.29, 1.82) is 0 Å². The molecule has 0 bridgehead atoms. The quantitative estimate of drug-likeness (QED) is 0.593. The number of hydrogen-bond acceptors (Lipinski definition) is 6. The smallest absolute Gasteiger partial charge is 0.247 e. The fourth-order valence-electron chi connectivity index (χ4n) is 3.15. The van der Waals surface area contributed by atoms with E-state index in [0.29, 0.717) is 22.1 Å². The molecule has 29 heavy (non-hydrogen) atoms. The molecule has 0 aliphatic carbocycles. The van der Waals surface area contributed by atoms with Gasteiger partial charge >= 0.3 is 0 Å². The minimum Gasteiger partial charge on any atom is -0.447 e. The van der Waals surface area contributed by atoms with E-state index in [9.17, 15) is 13.6 Å². The van der Waals surface area contributed by atoms with Crippen molar-refractivity contribution in [3.8, 4) is 17.1 Å². The van der Waals surface area contributed by atoms with Crippen LogP contribution in [0.2, 0.25) is 0 Å². The Labute approximate surface area is 169 Å². The lowest BCUT2D eigenvalue weighted by atomic mass is 10.1. The van der Waals surface area contributed by atoms with Crippen molar-refractivity contribution >= 4 is 23.4 Å². The highest BCUT2D eigenvalue weighted by Crippen LogP contribution is 2.43. The fraction of sp³-hybridized carbons (Fsp3) is 0.200. The third-order valence-corrected chi connectivity index (χ3v) is 5.07. The summed E-state index contributed by atoms with van der Waals surface area (Å²) in [7, 11) is 0. The first-order valence-electron chi connectivity index (χ1n) is 8.88. The second kappa shape index (κ2) is 7.75. The summed E-state index contributed by atoms with van der Waals surface area (Å²) in [5.74, 6) is -0.933. The van der Waals surface area contributed by atoms with E-state index in [1.54, 1.807) is 24.3 Å². The van der Waals surface area contributed by atoms with Crippen molar-refractivity contribution in [2.24, 2.45) is 0 Å². The summed E-state index contributed by atoms with van der Waals surface area (Å²) >= 11 is 1.37. The maximum Gasteiger partial charge on any atom is 0.247 e. The topological polar surface area (TPSA) is 68.2 Å². The average molecular weight is 414 g/mol. The zero-order chi connectivity index (χ0) is 20.5. The Morgan fingerprint density at radius 3 is 2.76 bits per heavy atom. The highest BCUT2D eigenvalue weighted by molar-refractivity contribution is 7.99. The van der Waals surface area contributed by atoms with Gasteiger partial charge in [0.2, 0.25) is 23.2 Å². The summed E-state index contributed by atoms with van der Waals surface area (Å²) in [6.45, 7) is 3.27. The molecule has 2 heterocycles. The van der Waals surface area contributed by atoms with E-state index < -0.39 is 23.8 Å². The van der Waals surface area contributed by atoms with Crippen LogP contribution in [0.25, 0.3) is 11.3 Å². The molecule has 0 saturated heterocycles. The first-order valence-corrected chi connectivity index (χ1v) is 9.86. The molecule has 1 amide bonds. The predicted octanol–water partition coefficient (Wildman–Crippen LogP) is 4.37. The first kappa shape index (κ1) is 19.3. The summed E-state index contributed by atoms with van der Waals surface area (Å²) in [6.07, 6.45) is -1.26. The molecule has 3 aromatic rings. The molecule has 9 heteroatoms. The van der Waals surface area contributed by atoms with E-state index in [1.165, 1.54) is 23.6 Å². The molecule has 0 unspecified atom stereocenters. The van der Waals surface area contributed by atoms with E-state index in [-0.39, 0.29) is 11.4 Å². The zero-order valence-electron chi connectivity index (χ0n) is 15.6. The Morgan fingerprint density at radius 2 is 2.00 bits per heavy atom. The van der Waals surface area contributed by atoms with Crippen LogP contribution >= 0.6 is 11.8 Å². The molecule has 0 spiro atoms. The number of halogens is 2. The molecule has 6 nitrogen and oxygen atoms in total. The monoisotopic (exact) mass is 414 g/mol. The van der Waals surface area contributed by atoms with Gasteiger partial charge < -0.3 is 4.74 Å². The third kappa shape index (κ3) is 3.53. The van der Waals surface area contributed by atoms with E-state index in [4.69, 9.17) is 4.74 Å². The molecule has 0 fully saturated rings. The van der Waals surface area contributed by atoms with Gasteiger partial charge in [0, 0.05) is 12.5 Å². The Kier molecular flexibility index (Phi) is 5.14. The predicted molar refractivity (Wildman–Crippen MR) is 105 cm³/mol. The molecule has 0 saturated carbocycles. The highest BCUT2D eigenvalue weighted by Gasteiger charge is 2.36. The van der Waals surface area contributed by atoms with Gasteiger partial charge in [0.25, 0.3) is 0 Å². The second-order valence-corrected chi connectivity index (χ2v) is 7.45. The van der Waals surface area contributed by atoms with Crippen LogP contribution in [-0.4, -0.2) is 26.8 Å². The summed E-state index contributed by atoms with van der Waals surface area (Å²) < 4.78 is 34.6. The molecular formula is C20H16F2N4O2S. The van der Waals surface area contributed by atoms with Crippen LogP contribution in [0.15, 0.2) is 47.6 Å². The van der Waals surface area contributed by atoms with Crippen LogP contribution in [0, 0.1) is 11.6 Å². The lowest BCUT2D eigenvalue weighted by Crippen LogP contribution is -2.36. The number of para-hydroxylation sites is 1. The molecule has 1 aliphatic rings.